The maximum Gasteiger partial charge on any atom is 0.141 e. The molecular formula is C16H17Br2NO2. The number of hydrogen-bond acceptors (Lipinski definition) is 3. The van der Waals surface area contributed by atoms with Gasteiger partial charge in [-0.05, 0) is 58.9 Å². The molecule has 2 aromatic rings. The summed E-state index contributed by atoms with van der Waals surface area (Å²) < 4.78 is 13.1. The first kappa shape index (κ1) is 16.3. The third-order valence-corrected chi connectivity index (χ3v) is 4.06. The first-order valence-electron chi connectivity index (χ1n) is 6.64. The molecule has 0 heterocycles. The minimum Gasteiger partial charge on any atom is -0.497 e. The maximum absolute atomic E-state index is 6.03. The highest BCUT2D eigenvalue weighted by Crippen LogP contribution is 2.34. The number of hydrogen-bond donors (Lipinski definition) is 1. The van der Waals surface area contributed by atoms with Gasteiger partial charge in [0, 0.05) is 16.6 Å². The number of nitrogens with one attached hydrogen (secondary N) is 1. The van der Waals surface area contributed by atoms with Crippen molar-refractivity contribution in [1.29, 1.82) is 0 Å². The molecule has 0 radical (unpaired) electrons. The molecule has 0 saturated carbocycles. The Morgan fingerprint density at radius 1 is 1.05 bits per heavy atom. The lowest BCUT2D eigenvalue weighted by Crippen LogP contribution is -2.12. The molecule has 2 rings (SSSR count). The van der Waals surface area contributed by atoms with Gasteiger partial charge in [-0.25, -0.2) is 0 Å². The van der Waals surface area contributed by atoms with Crippen molar-refractivity contribution in [1.82, 2.24) is 5.32 Å². The van der Waals surface area contributed by atoms with Crippen LogP contribution in [0.5, 0.6) is 17.2 Å². The van der Waals surface area contributed by atoms with E-state index in [0.29, 0.717) is 0 Å². The van der Waals surface area contributed by atoms with Crippen LogP contribution in [0.3, 0.4) is 0 Å². The fraction of sp³-hybridized carbons (Fsp3) is 0.250. The van der Waals surface area contributed by atoms with Gasteiger partial charge in [-0.2, -0.15) is 0 Å². The van der Waals surface area contributed by atoms with Crippen LogP contribution < -0.4 is 14.8 Å². The highest BCUT2D eigenvalue weighted by atomic mass is 79.9. The summed E-state index contributed by atoms with van der Waals surface area (Å²) >= 11 is 7.01. The predicted molar refractivity (Wildman–Crippen MR) is 92.3 cm³/mol. The van der Waals surface area contributed by atoms with Crippen LogP contribution in [0.1, 0.15) is 12.5 Å². The lowest BCUT2D eigenvalue weighted by molar-refractivity contribution is 0.412. The van der Waals surface area contributed by atoms with Gasteiger partial charge in [0.05, 0.1) is 11.6 Å². The fourth-order valence-electron chi connectivity index (χ4n) is 1.86. The largest absolute Gasteiger partial charge is 0.497 e. The van der Waals surface area contributed by atoms with Crippen LogP contribution in [0.2, 0.25) is 0 Å². The zero-order chi connectivity index (χ0) is 15.2. The number of benzene rings is 2. The SMILES string of the molecule is CCNCc1cc(Br)ccc1Oc1ccc(OC)cc1Br. The van der Waals surface area contributed by atoms with E-state index in [1.54, 1.807) is 7.11 Å². The zero-order valence-corrected chi connectivity index (χ0v) is 15.1. The van der Waals surface area contributed by atoms with Crippen molar-refractivity contribution in [2.45, 2.75) is 13.5 Å². The third kappa shape index (κ3) is 4.46. The first-order valence-corrected chi connectivity index (χ1v) is 8.23. The monoisotopic (exact) mass is 413 g/mol. The molecule has 21 heavy (non-hydrogen) atoms. The number of halogens is 2. The van der Waals surface area contributed by atoms with Crippen molar-refractivity contribution in [2.75, 3.05) is 13.7 Å². The van der Waals surface area contributed by atoms with Crippen molar-refractivity contribution < 1.29 is 9.47 Å². The van der Waals surface area contributed by atoms with Crippen LogP contribution in [0.15, 0.2) is 45.3 Å². The molecule has 0 saturated heterocycles. The molecule has 0 spiro atoms. The lowest BCUT2D eigenvalue weighted by atomic mass is 10.2. The molecule has 0 atom stereocenters. The van der Waals surface area contributed by atoms with Gasteiger partial charge in [0.1, 0.15) is 17.2 Å². The van der Waals surface area contributed by atoms with E-state index in [4.69, 9.17) is 9.47 Å². The van der Waals surface area contributed by atoms with Crippen molar-refractivity contribution in [2.24, 2.45) is 0 Å². The summed E-state index contributed by atoms with van der Waals surface area (Å²) in [5.41, 5.74) is 1.11. The molecule has 0 aliphatic carbocycles. The Balaban J connectivity index is 2.26. The van der Waals surface area contributed by atoms with Crippen LogP contribution in [-0.4, -0.2) is 13.7 Å². The molecular weight excluding hydrogens is 398 g/mol. The molecule has 0 aliphatic rings. The average molecular weight is 415 g/mol. The van der Waals surface area contributed by atoms with Gasteiger partial charge < -0.3 is 14.8 Å². The smallest absolute Gasteiger partial charge is 0.141 e. The van der Waals surface area contributed by atoms with E-state index in [-0.39, 0.29) is 0 Å². The Morgan fingerprint density at radius 3 is 2.48 bits per heavy atom. The lowest BCUT2D eigenvalue weighted by Gasteiger charge is -2.13. The maximum atomic E-state index is 6.03. The molecule has 0 aromatic heterocycles. The van der Waals surface area contributed by atoms with Crippen LogP contribution >= 0.6 is 31.9 Å². The third-order valence-electron chi connectivity index (χ3n) is 2.95. The standard InChI is InChI=1S/C16H17Br2NO2/c1-3-19-10-11-8-12(17)4-6-15(11)21-16-7-5-13(20-2)9-14(16)18/h4-9,19H,3,10H2,1-2H3. The minimum atomic E-state index is 0.760. The fourth-order valence-corrected chi connectivity index (χ4v) is 2.70. The summed E-state index contributed by atoms with van der Waals surface area (Å²) in [5.74, 6) is 2.39. The summed E-state index contributed by atoms with van der Waals surface area (Å²) in [5, 5.41) is 3.32. The van der Waals surface area contributed by atoms with Gasteiger partial charge in [-0.3, -0.25) is 0 Å². The van der Waals surface area contributed by atoms with E-state index in [0.717, 1.165) is 44.8 Å². The number of ether oxygens (including phenoxy) is 2. The quantitative estimate of drug-likeness (QED) is 0.711. The molecule has 0 amide bonds. The Labute approximate surface area is 141 Å². The van der Waals surface area contributed by atoms with Crippen LogP contribution in [-0.2, 0) is 6.54 Å². The Kier molecular flexibility index (Phi) is 6.08. The van der Waals surface area contributed by atoms with Crippen molar-refractivity contribution in [3.8, 4) is 17.2 Å². The van der Waals surface area contributed by atoms with Crippen molar-refractivity contribution in [3.05, 3.63) is 50.9 Å². The normalized spacial score (nSPS) is 10.5. The molecule has 0 unspecified atom stereocenters. The van der Waals surface area contributed by atoms with Gasteiger partial charge >= 0.3 is 0 Å². The summed E-state index contributed by atoms with van der Waals surface area (Å²) in [4.78, 5) is 0. The topological polar surface area (TPSA) is 30.5 Å². The molecule has 1 N–H and O–H groups in total. The Bertz CT molecular complexity index is 617. The van der Waals surface area contributed by atoms with E-state index in [9.17, 15) is 0 Å². The molecule has 112 valence electrons. The minimum absolute atomic E-state index is 0.760. The molecule has 0 aliphatic heterocycles. The van der Waals surface area contributed by atoms with E-state index in [1.807, 2.05) is 30.3 Å². The Hall–Kier alpha value is -1.04. The zero-order valence-electron chi connectivity index (χ0n) is 12.0. The highest BCUT2D eigenvalue weighted by Gasteiger charge is 2.09. The van der Waals surface area contributed by atoms with Crippen LogP contribution in [0.25, 0.3) is 0 Å². The van der Waals surface area contributed by atoms with Gasteiger partial charge in [0.25, 0.3) is 0 Å². The van der Waals surface area contributed by atoms with Crippen LogP contribution in [0.4, 0.5) is 0 Å². The molecule has 5 heteroatoms. The molecule has 0 fully saturated rings. The van der Waals surface area contributed by atoms with Crippen molar-refractivity contribution in [3.63, 3.8) is 0 Å². The van der Waals surface area contributed by atoms with Gasteiger partial charge in [0.2, 0.25) is 0 Å². The average Bonchev–Trinajstić information content (AvgIpc) is 2.49. The van der Waals surface area contributed by atoms with Crippen LogP contribution in [0, 0.1) is 0 Å². The van der Waals surface area contributed by atoms with Gasteiger partial charge in [-0.1, -0.05) is 22.9 Å². The second-order valence-corrected chi connectivity index (χ2v) is 6.20. The van der Waals surface area contributed by atoms with E-state index >= 15 is 0 Å². The molecule has 3 nitrogen and oxygen atoms in total. The second kappa shape index (κ2) is 7.82. The van der Waals surface area contributed by atoms with E-state index in [1.165, 1.54) is 0 Å². The first-order chi connectivity index (χ1) is 10.1. The Morgan fingerprint density at radius 2 is 1.81 bits per heavy atom. The second-order valence-electron chi connectivity index (χ2n) is 4.43. The highest BCUT2D eigenvalue weighted by molar-refractivity contribution is 9.10. The van der Waals surface area contributed by atoms with Crippen molar-refractivity contribution >= 4 is 31.9 Å². The summed E-state index contributed by atoms with van der Waals surface area (Å²) in [6.07, 6.45) is 0. The molecule has 0 bridgehead atoms. The number of methoxy groups -OCH3 is 1. The van der Waals surface area contributed by atoms with E-state index < -0.39 is 0 Å². The summed E-state index contributed by atoms with van der Waals surface area (Å²) in [6, 6.07) is 11.7. The predicted octanol–water partition coefficient (Wildman–Crippen LogP) is 5.12. The van der Waals surface area contributed by atoms with Gasteiger partial charge in [-0.15, -0.1) is 0 Å². The summed E-state index contributed by atoms with van der Waals surface area (Å²) in [7, 11) is 1.64. The number of rotatable bonds is 6. The van der Waals surface area contributed by atoms with Gasteiger partial charge in [0.15, 0.2) is 0 Å². The summed E-state index contributed by atoms with van der Waals surface area (Å²) in [6.45, 7) is 3.76. The molecule has 2 aromatic carbocycles. The van der Waals surface area contributed by atoms with E-state index in [2.05, 4.69) is 50.2 Å².